The number of aromatic amines is 1. The van der Waals surface area contributed by atoms with Crippen LogP contribution in [0, 0.1) is 3.57 Å². The highest BCUT2D eigenvalue weighted by atomic mass is 127. The number of benzene rings is 1. The summed E-state index contributed by atoms with van der Waals surface area (Å²) in [5, 5.41) is 0. The van der Waals surface area contributed by atoms with Crippen LogP contribution < -0.4 is 0 Å². The summed E-state index contributed by atoms with van der Waals surface area (Å²) in [6.45, 7) is 0. The van der Waals surface area contributed by atoms with Gasteiger partial charge >= 0.3 is 0 Å². The number of halogens is 2. The fraction of sp³-hybridized carbons (Fsp3) is 0. The van der Waals surface area contributed by atoms with Crippen molar-refractivity contribution < 1.29 is 0 Å². The van der Waals surface area contributed by atoms with Crippen LogP contribution in [0.1, 0.15) is 0 Å². The Morgan fingerprint density at radius 1 is 1.45 bits per heavy atom. The molecule has 0 unspecified atom stereocenters. The van der Waals surface area contributed by atoms with Gasteiger partial charge in [0.05, 0.1) is 11.8 Å². The van der Waals surface area contributed by atoms with Crippen LogP contribution in [0.5, 0.6) is 0 Å². The summed E-state index contributed by atoms with van der Waals surface area (Å²) in [6, 6.07) is 4.05. The molecule has 0 saturated heterocycles. The number of hydrogen-bond donors (Lipinski definition) is 1. The van der Waals surface area contributed by atoms with Gasteiger partial charge in [-0.2, -0.15) is 0 Å². The van der Waals surface area contributed by atoms with Gasteiger partial charge in [0.25, 0.3) is 0 Å². The molecule has 1 aromatic heterocycles. The maximum absolute atomic E-state index is 4.17. The fourth-order valence-corrected chi connectivity index (χ4v) is 1.99. The molecule has 0 aliphatic rings. The first-order chi connectivity index (χ1) is 5.29. The van der Waals surface area contributed by atoms with E-state index in [1.165, 1.54) is 3.57 Å². The largest absolute Gasteiger partial charge is 0.344 e. The first-order valence-corrected chi connectivity index (χ1v) is 4.93. The first-order valence-electron chi connectivity index (χ1n) is 3.06. The van der Waals surface area contributed by atoms with Gasteiger partial charge in [0.1, 0.15) is 5.52 Å². The lowest BCUT2D eigenvalue weighted by Gasteiger charge is -1.93. The Bertz CT molecular complexity index is 360. The van der Waals surface area contributed by atoms with Crippen LogP contribution in [0.2, 0.25) is 0 Å². The lowest BCUT2D eigenvalue weighted by molar-refractivity contribution is 1.34. The van der Waals surface area contributed by atoms with E-state index in [0.717, 1.165) is 15.5 Å². The molecule has 2 aromatic rings. The van der Waals surface area contributed by atoms with E-state index in [1.54, 1.807) is 6.33 Å². The predicted molar refractivity (Wildman–Crippen MR) is 56.5 cm³/mol. The van der Waals surface area contributed by atoms with Gasteiger partial charge in [0.2, 0.25) is 0 Å². The average Bonchev–Trinajstić information content (AvgIpc) is 2.45. The minimum absolute atomic E-state index is 0.997. The Hall–Kier alpha value is -0.100. The van der Waals surface area contributed by atoms with Crippen molar-refractivity contribution in [2.75, 3.05) is 0 Å². The van der Waals surface area contributed by atoms with Crippen molar-refractivity contribution in [1.29, 1.82) is 0 Å². The van der Waals surface area contributed by atoms with Crippen molar-refractivity contribution in [2.45, 2.75) is 0 Å². The van der Waals surface area contributed by atoms with Crippen molar-refractivity contribution in [1.82, 2.24) is 9.97 Å². The Balaban J connectivity index is 2.96. The maximum Gasteiger partial charge on any atom is 0.103 e. The third kappa shape index (κ3) is 1.18. The second-order valence-electron chi connectivity index (χ2n) is 2.16. The van der Waals surface area contributed by atoms with E-state index in [9.17, 15) is 0 Å². The number of nitrogens with one attached hydrogen (secondary N) is 1. The Labute approximate surface area is 85.7 Å². The maximum atomic E-state index is 4.17. The molecule has 11 heavy (non-hydrogen) atoms. The zero-order chi connectivity index (χ0) is 7.84. The van der Waals surface area contributed by atoms with E-state index >= 15 is 0 Å². The molecule has 2 nitrogen and oxygen atoms in total. The molecule has 4 heteroatoms. The highest BCUT2D eigenvalue weighted by Crippen LogP contribution is 2.24. The first kappa shape index (κ1) is 7.54. The molecular formula is C7H4BrIN2. The van der Waals surface area contributed by atoms with E-state index in [-0.39, 0.29) is 0 Å². The summed E-state index contributed by atoms with van der Waals surface area (Å²) in [4.78, 5) is 7.25. The third-order valence-electron chi connectivity index (χ3n) is 1.48. The second kappa shape index (κ2) is 2.75. The van der Waals surface area contributed by atoms with E-state index in [4.69, 9.17) is 0 Å². The van der Waals surface area contributed by atoms with Crippen LogP contribution in [0.25, 0.3) is 11.0 Å². The molecule has 0 spiro atoms. The fourth-order valence-electron chi connectivity index (χ4n) is 0.966. The Kier molecular flexibility index (Phi) is 1.88. The van der Waals surface area contributed by atoms with E-state index in [2.05, 4.69) is 48.5 Å². The number of fused-ring (bicyclic) bond motifs is 1. The quantitative estimate of drug-likeness (QED) is 0.742. The van der Waals surface area contributed by atoms with Gasteiger partial charge in [0, 0.05) is 8.04 Å². The number of H-pyrrole nitrogens is 1. The molecule has 0 atom stereocenters. The predicted octanol–water partition coefficient (Wildman–Crippen LogP) is 2.93. The lowest BCUT2D eigenvalue weighted by Crippen LogP contribution is -1.76. The number of rotatable bonds is 0. The summed E-state index contributed by atoms with van der Waals surface area (Å²) >= 11 is 5.70. The molecule has 0 aliphatic heterocycles. The van der Waals surface area contributed by atoms with E-state index < -0.39 is 0 Å². The monoisotopic (exact) mass is 322 g/mol. The molecule has 0 amide bonds. The Morgan fingerprint density at radius 2 is 2.27 bits per heavy atom. The molecule has 0 bridgehead atoms. The summed E-state index contributed by atoms with van der Waals surface area (Å²) in [6.07, 6.45) is 1.71. The molecule has 1 heterocycles. The van der Waals surface area contributed by atoms with Crippen LogP contribution in [0.3, 0.4) is 0 Å². The molecule has 56 valence electrons. The van der Waals surface area contributed by atoms with Crippen LogP contribution in [-0.2, 0) is 0 Å². The van der Waals surface area contributed by atoms with Crippen LogP contribution in [0.15, 0.2) is 22.9 Å². The van der Waals surface area contributed by atoms with Crippen molar-refractivity contribution in [3.63, 3.8) is 0 Å². The van der Waals surface area contributed by atoms with E-state index in [0.29, 0.717) is 0 Å². The van der Waals surface area contributed by atoms with Gasteiger partial charge in [-0.3, -0.25) is 0 Å². The minimum atomic E-state index is 0.997. The third-order valence-corrected chi connectivity index (χ3v) is 3.02. The zero-order valence-electron chi connectivity index (χ0n) is 5.44. The van der Waals surface area contributed by atoms with Gasteiger partial charge in [-0.25, -0.2) is 4.98 Å². The van der Waals surface area contributed by atoms with Crippen molar-refractivity contribution >= 4 is 49.6 Å². The number of nitrogens with zero attached hydrogens (tertiary/aromatic N) is 1. The highest BCUT2D eigenvalue weighted by molar-refractivity contribution is 14.1. The average molecular weight is 323 g/mol. The van der Waals surface area contributed by atoms with Gasteiger partial charge in [-0.1, -0.05) is 0 Å². The van der Waals surface area contributed by atoms with Gasteiger partial charge < -0.3 is 4.98 Å². The summed E-state index contributed by atoms with van der Waals surface area (Å²) in [5.41, 5.74) is 2.09. The minimum Gasteiger partial charge on any atom is -0.344 e. The molecule has 1 aromatic carbocycles. The molecule has 0 fully saturated rings. The van der Waals surface area contributed by atoms with Gasteiger partial charge in [-0.15, -0.1) is 0 Å². The van der Waals surface area contributed by atoms with Gasteiger partial charge in [-0.05, 0) is 50.7 Å². The molecule has 0 radical (unpaired) electrons. The smallest absolute Gasteiger partial charge is 0.103 e. The lowest BCUT2D eigenvalue weighted by atomic mass is 10.3. The van der Waals surface area contributed by atoms with Crippen molar-refractivity contribution in [3.8, 4) is 0 Å². The topological polar surface area (TPSA) is 28.7 Å². The molecule has 2 rings (SSSR count). The molecule has 0 saturated carbocycles. The summed E-state index contributed by atoms with van der Waals surface area (Å²) in [5.74, 6) is 0. The normalized spacial score (nSPS) is 10.7. The second-order valence-corrected chi connectivity index (χ2v) is 4.17. The van der Waals surface area contributed by atoms with Crippen molar-refractivity contribution in [3.05, 3.63) is 26.5 Å². The van der Waals surface area contributed by atoms with Crippen LogP contribution >= 0.6 is 38.5 Å². The summed E-state index contributed by atoms with van der Waals surface area (Å²) in [7, 11) is 0. The number of hydrogen-bond acceptors (Lipinski definition) is 1. The Morgan fingerprint density at radius 3 is 3.00 bits per heavy atom. The molecule has 0 aliphatic carbocycles. The number of imidazole rings is 1. The highest BCUT2D eigenvalue weighted by Gasteiger charge is 2.02. The molecular weight excluding hydrogens is 319 g/mol. The van der Waals surface area contributed by atoms with Gasteiger partial charge in [0.15, 0.2) is 0 Å². The zero-order valence-corrected chi connectivity index (χ0v) is 9.18. The standard InChI is InChI=1S/C7H4BrIN2/c8-4-1-2-5(9)7-6(4)10-3-11-7/h1-3H,(H,10,11). The SMILES string of the molecule is Brc1ccc(I)c2[nH]cnc12. The summed E-state index contributed by atoms with van der Waals surface area (Å²) < 4.78 is 2.23. The van der Waals surface area contributed by atoms with Crippen molar-refractivity contribution in [2.24, 2.45) is 0 Å². The molecule has 1 N–H and O–H groups in total. The number of aromatic nitrogens is 2. The van der Waals surface area contributed by atoms with E-state index in [1.807, 2.05) is 12.1 Å². The van der Waals surface area contributed by atoms with Crippen LogP contribution in [-0.4, -0.2) is 9.97 Å². The van der Waals surface area contributed by atoms with Crippen LogP contribution in [0.4, 0.5) is 0 Å².